The number of hydrogen-bond donors (Lipinski definition) is 0. The number of carbonyl (C=O) groups excluding carboxylic acids is 2. The van der Waals surface area contributed by atoms with Gasteiger partial charge in [-0.1, -0.05) is 25.3 Å². The van der Waals surface area contributed by atoms with Crippen LogP contribution in [-0.4, -0.2) is 78.0 Å². The van der Waals surface area contributed by atoms with Gasteiger partial charge in [0.15, 0.2) is 46.0 Å². The summed E-state index contributed by atoms with van der Waals surface area (Å²) in [5.74, 6) is 5.42. The molecule has 0 aliphatic heterocycles. The highest BCUT2D eigenvalue weighted by Crippen LogP contribution is 2.48. The van der Waals surface area contributed by atoms with Gasteiger partial charge in [-0.2, -0.15) is 0 Å². The smallest absolute Gasteiger partial charge is 0.338 e. The van der Waals surface area contributed by atoms with Crippen LogP contribution in [0.25, 0.3) is 0 Å². The van der Waals surface area contributed by atoms with E-state index in [2.05, 4.69) is 13.2 Å². The van der Waals surface area contributed by atoms with Crippen LogP contribution in [0, 0.1) is 13.8 Å². The predicted octanol–water partition coefficient (Wildman–Crippen LogP) is 12.1. The van der Waals surface area contributed by atoms with E-state index in [0.717, 1.165) is 67.9 Å². The Morgan fingerprint density at radius 1 is 0.357 bits per heavy atom. The molecule has 0 aromatic heterocycles. The standard InChI is InChI=1S/C29H36O8.C27H40O6/c1-9-32-24-20(13-15-22(26(24)34-11-3)36-28(30)18(5)6)17-21-14-16-23(37-29(31)19(7)8)27(35-12-4)25(21)33-10-2;1-9-28-22-16-20(26(32-13-5)24(18(22)7)30-11-3)15-21-17-23(29-10-2)19(8)25(31-12-4)27(21)33-14-6/h13-16H,5,7,9-12,17H2,1-4,6,8H3;16-17H,9-15H2,1-8H3. The third-order valence-corrected chi connectivity index (χ3v) is 10.1. The van der Waals surface area contributed by atoms with Crippen molar-refractivity contribution in [1.82, 2.24) is 0 Å². The van der Waals surface area contributed by atoms with E-state index in [-0.39, 0.29) is 22.6 Å². The fraction of sp³-hybridized carbons (Fsp3) is 0.464. The van der Waals surface area contributed by atoms with Crippen LogP contribution in [0.4, 0.5) is 0 Å². The average Bonchev–Trinajstić information content (AvgIpc) is 3.32. The summed E-state index contributed by atoms with van der Waals surface area (Å²) in [5, 5.41) is 0. The molecular weight excluding hydrogens is 897 g/mol. The lowest BCUT2D eigenvalue weighted by molar-refractivity contribution is -0.131. The molecule has 0 saturated carbocycles. The maximum absolute atomic E-state index is 12.2. The molecule has 0 atom stereocenters. The Morgan fingerprint density at radius 2 is 0.614 bits per heavy atom. The number of hydrogen-bond acceptors (Lipinski definition) is 14. The molecular formula is C56H76O14. The summed E-state index contributed by atoms with van der Waals surface area (Å²) in [6, 6.07) is 11.0. The molecule has 0 bridgehead atoms. The van der Waals surface area contributed by atoms with E-state index in [0.29, 0.717) is 102 Å². The van der Waals surface area contributed by atoms with E-state index in [1.54, 1.807) is 38.1 Å². The van der Waals surface area contributed by atoms with Crippen LogP contribution in [-0.2, 0) is 22.4 Å². The first-order valence-corrected chi connectivity index (χ1v) is 24.3. The summed E-state index contributed by atoms with van der Waals surface area (Å²) >= 11 is 0. The molecule has 4 aromatic carbocycles. The SMILES string of the molecule is C=C(C)C(=O)Oc1ccc(Cc2ccc(OC(=O)C(=C)C)c(OCC)c2OCC)c(OCC)c1OCC.CCOc1cc(Cc2cc(OCC)c(C)c(OCC)c2OCC)c(OCC)c(OCC)c1C. The molecule has 0 unspecified atom stereocenters. The molecule has 0 aliphatic carbocycles. The highest BCUT2D eigenvalue weighted by Gasteiger charge is 2.26. The lowest BCUT2D eigenvalue weighted by Crippen LogP contribution is -2.12. The minimum Gasteiger partial charge on any atom is -0.493 e. The van der Waals surface area contributed by atoms with Crippen LogP contribution in [0.2, 0.25) is 0 Å². The van der Waals surface area contributed by atoms with Crippen molar-refractivity contribution in [1.29, 1.82) is 0 Å². The summed E-state index contributed by atoms with van der Waals surface area (Å²) in [5.41, 5.74) is 5.87. The monoisotopic (exact) mass is 973 g/mol. The Labute approximate surface area is 416 Å². The third kappa shape index (κ3) is 15.1. The maximum atomic E-state index is 12.2. The topological polar surface area (TPSA) is 145 Å². The number of carbonyl (C=O) groups is 2. The second-order valence-electron chi connectivity index (χ2n) is 15.4. The van der Waals surface area contributed by atoms with Crippen molar-refractivity contribution >= 4 is 11.9 Å². The summed E-state index contributed by atoms with van der Waals surface area (Å²) in [7, 11) is 0. The van der Waals surface area contributed by atoms with Gasteiger partial charge >= 0.3 is 11.9 Å². The second kappa shape index (κ2) is 29.4. The molecule has 0 N–H and O–H groups in total. The van der Waals surface area contributed by atoms with Crippen LogP contribution >= 0.6 is 0 Å². The van der Waals surface area contributed by atoms with E-state index >= 15 is 0 Å². The van der Waals surface area contributed by atoms with Crippen molar-refractivity contribution < 1.29 is 66.4 Å². The van der Waals surface area contributed by atoms with Crippen molar-refractivity contribution in [2.75, 3.05) is 66.1 Å². The Hall–Kier alpha value is -6.70. The quantitative estimate of drug-likeness (QED) is 0.0302. The molecule has 0 amide bonds. The van der Waals surface area contributed by atoms with Gasteiger partial charge in [-0.15, -0.1) is 0 Å². The van der Waals surface area contributed by atoms with Crippen LogP contribution in [0.15, 0.2) is 60.7 Å². The molecule has 4 aromatic rings. The van der Waals surface area contributed by atoms with Crippen molar-refractivity contribution in [3.8, 4) is 69.0 Å². The van der Waals surface area contributed by atoms with Crippen molar-refractivity contribution in [3.63, 3.8) is 0 Å². The van der Waals surface area contributed by atoms with Gasteiger partial charge in [0.05, 0.1) is 66.1 Å². The van der Waals surface area contributed by atoms with Crippen molar-refractivity contribution in [2.24, 2.45) is 0 Å². The van der Waals surface area contributed by atoms with E-state index in [4.69, 9.17) is 56.8 Å². The van der Waals surface area contributed by atoms with Crippen LogP contribution < -0.4 is 56.8 Å². The molecule has 0 fully saturated rings. The Morgan fingerprint density at radius 3 is 0.900 bits per heavy atom. The molecule has 14 nitrogen and oxygen atoms in total. The Balaban J connectivity index is 0.000000373. The first-order chi connectivity index (χ1) is 33.6. The highest BCUT2D eigenvalue weighted by atomic mass is 16.6. The summed E-state index contributed by atoms with van der Waals surface area (Å²) in [6.45, 7) is 38.3. The van der Waals surface area contributed by atoms with Gasteiger partial charge in [-0.25, -0.2) is 9.59 Å². The normalized spacial score (nSPS) is 10.5. The zero-order valence-corrected chi connectivity index (χ0v) is 44.1. The zero-order valence-electron chi connectivity index (χ0n) is 44.1. The molecule has 0 heterocycles. The number of rotatable bonds is 28. The minimum atomic E-state index is -0.559. The number of ether oxygens (including phenoxy) is 12. The molecule has 70 heavy (non-hydrogen) atoms. The molecule has 0 saturated heterocycles. The van der Waals surface area contributed by atoms with Gasteiger partial charge in [-0.3, -0.25) is 0 Å². The van der Waals surface area contributed by atoms with Gasteiger partial charge in [-0.05, 0) is 121 Å². The highest BCUT2D eigenvalue weighted by molar-refractivity contribution is 5.90. The van der Waals surface area contributed by atoms with Crippen LogP contribution in [0.5, 0.6) is 69.0 Å². The summed E-state index contributed by atoms with van der Waals surface area (Å²) in [4.78, 5) is 24.4. The van der Waals surface area contributed by atoms with Crippen molar-refractivity contribution in [3.05, 3.63) is 94.1 Å². The maximum Gasteiger partial charge on any atom is 0.338 e. The average molecular weight is 973 g/mol. The molecule has 0 aliphatic rings. The van der Waals surface area contributed by atoms with Gasteiger partial charge in [0.25, 0.3) is 0 Å². The fourth-order valence-corrected chi connectivity index (χ4v) is 7.20. The van der Waals surface area contributed by atoms with Crippen LogP contribution in [0.3, 0.4) is 0 Å². The molecule has 0 spiro atoms. The fourth-order valence-electron chi connectivity index (χ4n) is 7.20. The lowest BCUT2D eigenvalue weighted by Gasteiger charge is -2.23. The van der Waals surface area contributed by atoms with Crippen LogP contribution in [0.1, 0.15) is 116 Å². The first kappa shape index (κ1) is 57.6. The zero-order chi connectivity index (χ0) is 51.9. The van der Waals surface area contributed by atoms with E-state index in [1.807, 2.05) is 95.2 Å². The Bertz CT molecular complexity index is 2220. The second-order valence-corrected chi connectivity index (χ2v) is 15.4. The summed E-state index contributed by atoms with van der Waals surface area (Å²) < 4.78 is 70.7. The Kier molecular flexibility index (Phi) is 24.2. The number of esters is 2. The van der Waals surface area contributed by atoms with Gasteiger partial charge < -0.3 is 56.8 Å². The van der Waals surface area contributed by atoms with Crippen molar-refractivity contribution in [2.45, 2.75) is 110 Å². The van der Waals surface area contributed by atoms with E-state index < -0.39 is 11.9 Å². The van der Waals surface area contributed by atoms with E-state index in [9.17, 15) is 9.59 Å². The predicted molar refractivity (Wildman–Crippen MR) is 273 cm³/mol. The minimum absolute atomic E-state index is 0.240. The number of benzene rings is 4. The van der Waals surface area contributed by atoms with Gasteiger partial charge in [0.1, 0.15) is 11.5 Å². The lowest BCUT2D eigenvalue weighted by atomic mass is 9.98. The molecule has 4 rings (SSSR count). The van der Waals surface area contributed by atoms with Gasteiger partial charge in [0.2, 0.25) is 11.5 Å². The molecule has 0 radical (unpaired) electrons. The molecule has 384 valence electrons. The first-order valence-electron chi connectivity index (χ1n) is 24.3. The molecule has 14 heteroatoms. The van der Waals surface area contributed by atoms with E-state index in [1.165, 1.54) is 0 Å². The van der Waals surface area contributed by atoms with Gasteiger partial charge in [0, 0.05) is 57.4 Å². The third-order valence-electron chi connectivity index (χ3n) is 10.1. The largest absolute Gasteiger partial charge is 0.493 e. The summed E-state index contributed by atoms with van der Waals surface area (Å²) in [6.07, 6.45) is 0.916.